The Morgan fingerprint density at radius 2 is 1.85 bits per heavy atom. The van der Waals surface area contributed by atoms with Crippen LogP contribution in [0.15, 0.2) is 28.8 Å². The molecule has 1 unspecified atom stereocenters. The van der Waals surface area contributed by atoms with Crippen molar-refractivity contribution in [2.45, 2.75) is 53.6 Å². The van der Waals surface area contributed by atoms with Gasteiger partial charge in [0.05, 0.1) is 12.2 Å². The molecule has 1 N–H and O–H groups in total. The number of rotatable bonds is 7. The smallest absolute Gasteiger partial charge is 0.252 e. The van der Waals surface area contributed by atoms with Gasteiger partial charge in [0.25, 0.3) is 5.91 Å². The van der Waals surface area contributed by atoms with Gasteiger partial charge in [-0.3, -0.25) is 9.59 Å². The van der Waals surface area contributed by atoms with Crippen LogP contribution < -0.4 is 5.32 Å². The average molecular weight is 371 g/mol. The Morgan fingerprint density at radius 1 is 1.19 bits per heavy atom. The molecule has 0 saturated heterocycles. The number of amides is 2. The lowest BCUT2D eigenvalue weighted by atomic mass is 10.0. The van der Waals surface area contributed by atoms with Crippen LogP contribution in [0.3, 0.4) is 0 Å². The summed E-state index contributed by atoms with van der Waals surface area (Å²) in [6.45, 7) is 10.0. The number of likely N-dealkylation sites (N-methyl/N-ethyl adjacent to an activating group) is 1. The van der Waals surface area contributed by atoms with Crippen LogP contribution in [0.5, 0.6) is 0 Å². The van der Waals surface area contributed by atoms with Gasteiger partial charge >= 0.3 is 0 Å². The second-order valence-electron chi connectivity index (χ2n) is 7.47. The molecule has 0 aliphatic carbocycles. The van der Waals surface area contributed by atoms with Gasteiger partial charge in [-0.05, 0) is 44.7 Å². The third kappa shape index (κ3) is 5.18. The molecule has 0 fully saturated rings. The fourth-order valence-corrected chi connectivity index (χ4v) is 3.07. The van der Waals surface area contributed by atoms with Crippen molar-refractivity contribution in [3.05, 3.63) is 52.4 Å². The second-order valence-corrected chi connectivity index (χ2v) is 7.47. The zero-order valence-corrected chi connectivity index (χ0v) is 17.0. The fraction of sp³-hybridized carbons (Fsp3) is 0.476. The van der Waals surface area contributed by atoms with Gasteiger partial charge in [-0.1, -0.05) is 37.2 Å². The molecular formula is C21H29N3O3. The fourth-order valence-electron chi connectivity index (χ4n) is 3.07. The lowest BCUT2D eigenvalue weighted by Gasteiger charge is -2.26. The van der Waals surface area contributed by atoms with Crippen LogP contribution in [0.1, 0.15) is 53.2 Å². The predicted octanol–water partition coefficient (Wildman–Crippen LogP) is 3.40. The molecule has 6 heteroatoms. The molecule has 1 aromatic carbocycles. The summed E-state index contributed by atoms with van der Waals surface area (Å²) in [5.74, 6) is 0.628. The van der Waals surface area contributed by atoms with Crippen LogP contribution in [0.2, 0.25) is 0 Å². The van der Waals surface area contributed by atoms with E-state index in [2.05, 4.69) is 10.5 Å². The summed E-state index contributed by atoms with van der Waals surface area (Å²) in [4.78, 5) is 27.4. The number of benzene rings is 1. The van der Waals surface area contributed by atoms with Crippen molar-refractivity contribution in [2.24, 2.45) is 5.92 Å². The first kappa shape index (κ1) is 20.7. The number of nitrogens with zero attached hydrogens (tertiary/aromatic N) is 2. The number of nitrogens with one attached hydrogen (secondary N) is 1. The second kappa shape index (κ2) is 8.84. The summed E-state index contributed by atoms with van der Waals surface area (Å²) in [6, 6.07) is 6.79. The molecule has 0 aliphatic rings. The van der Waals surface area contributed by atoms with Gasteiger partial charge < -0.3 is 14.7 Å². The summed E-state index contributed by atoms with van der Waals surface area (Å²) < 4.78 is 5.18. The third-order valence-corrected chi connectivity index (χ3v) is 4.65. The third-order valence-electron chi connectivity index (χ3n) is 4.65. The largest absolute Gasteiger partial charge is 0.361 e. The number of hydrogen-bond acceptors (Lipinski definition) is 4. The Kier molecular flexibility index (Phi) is 6.77. The van der Waals surface area contributed by atoms with Crippen molar-refractivity contribution >= 4 is 11.8 Å². The first-order valence-electron chi connectivity index (χ1n) is 9.24. The number of hydrogen-bond donors (Lipinski definition) is 1. The topological polar surface area (TPSA) is 75.4 Å². The molecule has 0 bridgehead atoms. The molecule has 2 aromatic rings. The molecule has 0 saturated carbocycles. The van der Waals surface area contributed by atoms with Crippen molar-refractivity contribution in [1.29, 1.82) is 0 Å². The van der Waals surface area contributed by atoms with Gasteiger partial charge in [-0.25, -0.2) is 0 Å². The molecule has 0 spiro atoms. The predicted molar refractivity (Wildman–Crippen MR) is 104 cm³/mol. The van der Waals surface area contributed by atoms with E-state index in [1.807, 2.05) is 52.8 Å². The molecule has 27 heavy (non-hydrogen) atoms. The van der Waals surface area contributed by atoms with Crippen molar-refractivity contribution in [2.75, 3.05) is 7.05 Å². The number of carbonyl (C=O) groups is 2. The highest BCUT2D eigenvalue weighted by Crippen LogP contribution is 2.16. The van der Waals surface area contributed by atoms with Crippen molar-refractivity contribution in [1.82, 2.24) is 15.4 Å². The first-order valence-corrected chi connectivity index (χ1v) is 9.24. The van der Waals surface area contributed by atoms with E-state index in [1.165, 1.54) is 0 Å². The van der Waals surface area contributed by atoms with E-state index in [9.17, 15) is 9.59 Å². The van der Waals surface area contributed by atoms with Crippen LogP contribution in [-0.2, 0) is 11.3 Å². The van der Waals surface area contributed by atoms with Crippen molar-refractivity contribution in [3.8, 4) is 0 Å². The van der Waals surface area contributed by atoms with E-state index in [4.69, 9.17) is 4.52 Å². The number of aromatic nitrogens is 1. The lowest BCUT2D eigenvalue weighted by Crippen LogP contribution is -2.48. The minimum atomic E-state index is -0.581. The lowest BCUT2D eigenvalue weighted by molar-refractivity contribution is -0.132. The highest BCUT2D eigenvalue weighted by atomic mass is 16.5. The molecular weight excluding hydrogens is 342 g/mol. The van der Waals surface area contributed by atoms with Crippen LogP contribution in [-0.4, -0.2) is 35.0 Å². The van der Waals surface area contributed by atoms with Gasteiger partial charge in [0.15, 0.2) is 0 Å². The Bertz CT molecular complexity index is 791. The van der Waals surface area contributed by atoms with Crippen LogP contribution >= 0.6 is 0 Å². The quantitative estimate of drug-likeness (QED) is 0.809. The van der Waals surface area contributed by atoms with E-state index < -0.39 is 6.04 Å². The van der Waals surface area contributed by atoms with Crippen LogP contribution in [0, 0.1) is 26.7 Å². The summed E-state index contributed by atoms with van der Waals surface area (Å²) in [7, 11) is 1.74. The SMILES string of the molecule is Cc1ccccc1C(=O)NC(CC(C)C)C(=O)N(C)Cc1c(C)noc1C. The summed E-state index contributed by atoms with van der Waals surface area (Å²) in [5.41, 5.74) is 3.15. The Balaban J connectivity index is 2.15. The van der Waals surface area contributed by atoms with Gasteiger partial charge in [0.2, 0.25) is 5.91 Å². The molecule has 146 valence electrons. The van der Waals surface area contributed by atoms with Crippen molar-refractivity contribution in [3.63, 3.8) is 0 Å². The standard InChI is InChI=1S/C21H29N3O3/c1-13(2)11-19(22-20(25)17-10-8-7-9-14(17)3)21(26)24(6)12-18-15(4)23-27-16(18)5/h7-10,13,19H,11-12H2,1-6H3,(H,22,25). The summed E-state index contributed by atoms with van der Waals surface area (Å²) in [6.07, 6.45) is 0.572. The zero-order valence-electron chi connectivity index (χ0n) is 17.0. The van der Waals surface area contributed by atoms with E-state index in [0.717, 1.165) is 16.8 Å². The summed E-state index contributed by atoms with van der Waals surface area (Å²) in [5, 5.41) is 6.86. The van der Waals surface area contributed by atoms with Crippen molar-refractivity contribution < 1.29 is 14.1 Å². The maximum absolute atomic E-state index is 13.0. The van der Waals surface area contributed by atoms with E-state index in [1.54, 1.807) is 18.0 Å². The molecule has 0 aliphatic heterocycles. The Hall–Kier alpha value is -2.63. The van der Waals surface area contributed by atoms with E-state index in [-0.39, 0.29) is 17.7 Å². The highest BCUT2D eigenvalue weighted by molar-refractivity contribution is 5.98. The monoisotopic (exact) mass is 371 g/mol. The molecule has 1 atom stereocenters. The zero-order chi connectivity index (χ0) is 20.1. The maximum Gasteiger partial charge on any atom is 0.252 e. The Morgan fingerprint density at radius 3 is 2.41 bits per heavy atom. The molecule has 1 heterocycles. The van der Waals surface area contributed by atoms with Gasteiger partial charge in [0, 0.05) is 18.2 Å². The molecule has 2 amide bonds. The first-order chi connectivity index (χ1) is 12.7. The maximum atomic E-state index is 13.0. The highest BCUT2D eigenvalue weighted by Gasteiger charge is 2.27. The van der Waals surface area contributed by atoms with Crippen LogP contribution in [0.4, 0.5) is 0 Å². The molecule has 6 nitrogen and oxygen atoms in total. The normalized spacial score (nSPS) is 12.1. The minimum absolute atomic E-state index is 0.120. The average Bonchev–Trinajstić information content (AvgIpc) is 2.92. The molecule has 1 aromatic heterocycles. The summed E-state index contributed by atoms with van der Waals surface area (Å²) >= 11 is 0. The van der Waals surface area contributed by atoms with Crippen LogP contribution in [0.25, 0.3) is 0 Å². The Labute approximate surface area is 160 Å². The number of aryl methyl sites for hydroxylation is 3. The van der Waals surface area contributed by atoms with E-state index >= 15 is 0 Å². The minimum Gasteiger partial charge on any atom is -0.361 e. The van der Waals surface area contributed by atoms with Gasteiger partial charge in [-0.2, -0.15) is 0 Å². The van der Waals surface area contributed by atoms with Gasteiger partial charge in [-0.15, -0.1) is 0 Å². The van der Waals surface area contributed by atoms with Gasteiger partial charge in [0.1, 0.15) is 11.8 Å². The molecule has 0 radical (unpaired) electrons. The molecule has 2 rings (SSSR count). The van der Waals surface area contributed by atoms with E-state index in [0.29, 0.717) is 24.3 Å². The number of carbonyl (C=O) groups excluding carboxylic acids is 2.